The van der Waals surface area contributed by atoms with Crippen LogP contribution in [0.15, 0.2) is 48.5 Å². The third kappa shape index (κ3) is 3.96. The highest BCUT2D eigenvalue weighted by Crippen LogP contribution is 2.41. The van der Waals surface area contributed by atoms with Crippen LogP contribution < -0.4 is 15.0 Å². The molecule has 0 saturated heterocycles. The zero-order valence-electron chi connectivity index (χ0n) is 13.8. The Morgan fingerprint density at radius 1 is 1.04 bits per heavy atom. The fourth-order valence-corrected chi connectivity index (χ4v) is 2.71. The Morgan fingerprint density at radius 3 is 2.65 bits per heavy atom. The Bertz CT molecular complexity index is 628. The molecule has 0 spiro atoms. The number of para-hydroxylation sites is 1. The van der Waals surface area contributed by atoms with E-state index in [1.165, 1.54) is 11.3 Å². The maximum absolute atomic E-state index is 5.96. The topological polar surface area (TPSA) is 27.7 Å². The maximum Gasteiger partial charge on any atom is 0.144 e. The first-order chi connectivity index (χ1) is 11.2. The molecule has 121 valence electrons. The number of anilines is 2. The summed E-state index contributed by atoms with van der Waals surface area (Å²) < 4.78 is 5.96. The van der Waals surface area contributed by atoms with Gasteiger partial charge >= 0.3 is 0 Å². The highest BCUT2D eigenvalue weighted by molar-refractivity contribution is 5.82. The molecule has 4 nitrogen and oxygen atoms in total. The number of benzene rings is 2. The number of nitrogens with one attached hydrogen (secondary N) is 1. The molecule has 2 aromatic rings. The van der Waals surface area contributed by atoms with Crippen LogP contribution in [0, 0.1) is 6.67 Å². The highest BCUT2D eigenvalue weighted by atomic mass is 16.5. The summed E-state index contributed by atoms with van der Waals surface area (Å²) in [6.45, 7) is 4.64. The van der Waals surface area contributed by atoms with E-state index in [0.717, 1.165) is 37.6 Å². The van der Waals surface area contributed by atoms with Gasteiger partial charge in [0.15, 0.2) is 0 Å². The molecule has 0 saturated carbocycles. The second kappa shape index (κ2) is 7.38. The molecule has 23 heavy (non-hydrogen) atoms. The third-order valence-corrected chi connectivity index (χ3v) is 3.88. The number of nitrogens with zero attached hydrogens (tertiary/aromatic N) is 2. The summed E-state index contributed by atoms with van der Waals surface area (Å²) in [7, 11) is 4.16. The van der Waals surface area contributed by atoms with Crippen LogP contribution in [0.4, 0.5) is 11.4 Å². The molecule has 0 amide bonds. The maximum atomic E-state index is 5.96. The van der Waals surface area contributed by atoms with E-state index in [1.54, 1.807) is 0 Å². The van der Waals surface area contributed by atoms with Crippen LogP contribution in [0.1, 0.15) is 12.0 Å². The van der Waals surface area contributed by atoms with Gasteiger partial charge in [0.1, 0.15) is 18.1 Å². The molecule has 0 atom stereocenters. The van der Waals surface area contributed by atoms with Gasteiger partial charge in [0, 0.05) is 13.1 Å². The van der Waals surface area contributed by atoms with E-state index in [9.17, 15) is 0 Å². The number of hydrogen-bond acceptors (Lipinski definition) is 4. The van der Waals surface area contributed by atoms with E-state index >= 15 is 0 Å². The SMILES string of the molecule is CN(C)CCCOc1cccc2c1N[CH]N2Cc1ccccc1. The van der Waals surface area contributed by atoms with Crippen LogP contribution in [-0.4, -0.2) is 32.1 Å². The van der Waals surface area contributed by atoms with Crippen LogP contribution in [0.2, 0.25) is 0 Å². The summed E-state index contributed by atoms with van der Waals surface area (Å²) in [6, 6.07) is 16.7. The van der Waals surface area contributed by atoms with Crippen LogP contribution in [0.25, 0.3) is 0 Å². The molecule has 1 aliphatic rings. The van der Waals surface area contributed by atoms with E-state index in [2.05, 4.69) is 65.6 Å². The molecule has 0 unspecified atom stereocenters. The predicted molar refractivity (Wildman–Crippen MR) is 95.7 cm³/mol. The van der Waals surface area contributed by atoms with E-state index < -0.39 is 0 Å². The second-order valence-corrected chi connectivity index (χ2v) is 6.04. The molecule has 3 rings (SSSR count). The molecule has 1 heterocycles. The van der Waals surface area contributed by atoms with Gasteiger partial charge in [-0.1, -0.05) is 36.4 Å². The molecule has 2 aromatic carbocycles. The van der Waals surface area contributed by atoms with Crippen molar-refractivity contribution in [1.29, 1.82) is 0 Å². The Hall–Kier alpha value is -2.20. The van der Waals surface area contributed by atoms with Gasteiger partial charge in [-0.05, 0) is 38.2 Å². The number of rotatable bonds is 7. The van der Waals surface area contributed by atoms with Crippen molar-refractivity contribution in [2.45, 2.75) is 13.0 Å². The minimum absolute atomic E-state index is 0.731. The third-order valence-electron chi connectivity index (χ3n) is 3.88. The molecule has 1 N–H and O–H groups in total. The van der Waals surface area contributed by atoms with E-state index in [4.69, 9.17) is 4.74 Å². The standard InChI is InChI=1S/C19H24N3O/c1-21(2)12-7-13-23-18-11-6-10-17-19(18)20-15-22(17)14-16-8-4-3-5-9-16/h3-6,8-11,15,20H,7,12-14H2,1-2H3. The fourth-order valence-electron chi connectivity index (χ4n) is 2.71. The van der Waals surface area contributed by atoms with Gasteiger partial charge in [-0.15, -0.1) is 0 Å². The average Bonchev–Trinajstić information content (AvgIpc) is 2.96. The summed E-state index contributed by atoms with van der Waals surface area (Å²) in [6.07, 6.45) is 1.02. The summed E-state index contributed by atoms with van der Waals surface area (Å²) in [5, 5.41) is 3.35. The van der Waals surface area contributed by atoms with Crippen LogP contribution in [-0.2, 0) is 6.54 Å². The van der Waals surface area contributed by atoms with Crippen molar-refractivity contribution >= 4 is 11.4 Å². The van der Waals surface area contributed by atoms with E-state index in [-0.39, 0.29) is 0 Å². The molecule has 4 heteroatoms. The van der Waals surface area contributed by atoms with Crippen LogP contribution >= 0.6 is 0 Å². The van der Waals surface area contributed by atoms with Gasteiger partial charge in [0.2, 0.25) is 0 Å². The van der Waals surface area contributed by atoms with Crippen molar-refractivity contribution in [3.63, 3.8) is 0 Å². The Balaban J connectivity index is 1.65. The van der Waals surface area contributed by atoms with Gasteiger partial charge in [0.05, 0.1) is 12.3 Å². The van der Waals surface area contributed by atoms with Gasteiger partial charge in [0.25, 0.3) is 0 Å². The van der Waals surface area contributed by atoms with Gasteiger partial charge in [-0.25, -0.2) is 0 Å². The summed E-state index contributed by atoms with van der Waals surface area (Å²) in [5.74, 6) is 0.924. The minimum Gasteiger partial charge on any atom is -0.491 e. The first-order valence-corrected chi connectivity index (χ1v) is 8.05. The summed E-state index contributed by atoms with van der Waals surface area (Å²) >= 11 is 0. The van der Waals surface area contributed by atoms with Gasteiger partial charge < -0.3 is 19.9 Å². The van der Waals surface area contributed by atoms with Crippen molar-refractivity contribution in [3.05, 3.63) is 60.8 Å². The second-order valence-electron chi connectivity index (χ2n) is 6.04. The van der Waals surface area contributed by atoms with Crippen molar-refractivity contribution < 1.29 is 4.74 Å². The Kier molecular flexibility index (Phi) is 5.03. The first-order valence-electron chi connectivity index (χ1n) is 8.05. The largest absolute Gasteiger partial charge is 0.491 e. The lowest BCUT2D eigenvalue weighted by atomic mass is 10.2. The Labute approximate surface area is 138 Å². The van der Waals surface area contributed by atoms with E-state index in [0.29, 0.717) is 0 Å². The molecular formula is C19H24N3O. The molecule has 1 radical (unpaired) electrons. The van der Waals surface area contributed by atoms with Crippen LogP contribution in [0.5, 0.6) is 5.75 Å². The lowest BCUT2D eigenvalue weighted by molar-refractivity contribution is 0.283. The number of hydrogen-bond donors (Lipinski definition) is 1. The predicted octanol–water partition coefficient (Wildman–Crippen LogP) is 3.57. The quantitative estimate of drug-likeness (QED) is 0.791. The first kappa shape index (κ1) is 15.7. The molecule has 0 fully saturated rings. The number of ether oxygens (including phenoxy) is 1. The summed E-state index contributed by atoms with van der Waals surface area (Å²) in [5.41, 5.74) is 3.52. The molecule has 0 bridgehead atoms. The summed E-state index contributed by atoms with van der Waals surface area (Å²) in [4.78, 5) is 4.39. The lowest BCUT2D eigenvalue weighted by Gasteiger charge is -2.17. The smallest absolute Gasteiger partial charge is 0.144 e. The average molecular weight is 310 g/mol. The highest BCUT2D eigenvalue weighted by Gasteiger charge is 2.22. The lowest BCUT2D eigenvalue weighted by Crippen LogP contribution is -2.16. The van der Waals surface area contributed by atoms with Gasteiger partial charge in [-0.3, -0.25) is 0 Å². The fraction of sp³-hybridized carbons (Fsp3) is 0.316. The van der Waals surface area contributed by atoms with Gasteiger partial charge in [-0.2, -0.15) is 0 Å². The molecule has 0 aliphatic carbocycles. The zero-order valence-corrected chi connectivity index (χ0v) is 13.8. The minimum atomic E-state index is 0.731. The monoisotopic (exact) mass is 310 g/mol. The molecule has 1 aliphatic heterocycles. The van der Waals surface area contributed by atoms with Crippen molar-refractivity contribution in [3.8, 4) is 5.75 Å². The van der Waals surface area contributed by atoms with Crippen molar-refractivity contribution in [2.24, 2.45) is 0 Å². The molecular weight excluding hydrogens is 286 g/mol. The van der Waals surface area contributed by atoms with Crippen molar-refractivity contribution in [1.82, 2.24) is 4.90 Å². The van der Waals surface area contributed by atoms with Crippen molar-refractivity contribution in [2.75, 3.05) is 37.5 Å². The normalized spacial score (nSPS) is 13.1. The zero-order chi connectivity index (χ0) is 16.1. The van der Waals surface area contributed by atoms with Crippen LogP contribution in [0.3, 0.4) is 0 Å². The number of fused-ring (bicyclic) bond motifs is 1. The van der Waals surface area contributed by atoms with E-state index in [1.807, 2.05) is 18.8 Å². The molecule has 0 aromatic heterocycles. The Morgan fingerprint density at radius 2 is 1.87 bits per heavy atom.